The van der Waals surface area contributed by atoms with Crippen molar-refractivity contribution in [3.8, 4) is 0 Å². The normalized spacial score (nSPS) is 51.7. The fourth-order valence-electron chi connectivity index (χ4n) is 7.51. The van der Waals surface area contributed by atoms with E-state index in [9.17, 15) is 71.2 Å². The summed E-state index contributed by atoms with van der Waals surface area (Å²) in [7, 11) is 2.34. The third-order valence-corrected chi connectivity index (χ3v) is 11.1. The van der Waals surface area contributed by atoms with E-state index in [1.165, 1.54) is 7.11 Å². The zero-order chi connectivity index (χ0) is 43.7. The first-order chi connectivity index (χ1) is 28.5. The molecule has 0 aromatic rings. The average Bonchev–Trinajstić information content (AvgIpc) is 3.50. The molecule has 0 aliphatic carbocycles. The van der Waals surface area contributed by atoms with Gasteiger partial charge in [-0.25, -0.2) is 4.79 Å². The lowest BCUT2D eigenvalue weighted by Crippen LogP contribution is -2.65. The van der Waals surface area contributed by atoms with E-state index >= 15 is 0 Å². The van der Waals surface area contributed by atoms with Crippen molar-refractivity contribution >= 4 is 5.97 Å². The van der Waals surface area contributed by atoms with Crippen LogP contribution in [0.25, 0.3) is 0 Å². The van der Waals surface area contributed by atoms with Gasteiger partial charge in [0.15, 0.2) is 43.8 Å². The van der Waals surface area contributed by atoms with Gasteiger partial charge in [-0.05, 0) is 0 Å². The van der Waals surface area contributed by atoms with Gasteiger partial charge in [-0.2, -0.15) is 0 Å². The number of hydrogen-bond acceptors (Lipinski definition) is 26. The third-order valence-electron chi connectivity index (χ3n) is 11.1. The largest absolute Gasteiger partial charge is 0.479 e. The Morgan fingerprint density at radius 2 is 0.967 bits per heavy atom. The molecule has 0 aromatic carbocycles. The van der Waals surface area contributed by atoms with Crippen molar-refractivity contribution in [2.75, 3.05) is 47.3 Å². The lowest BCUT2D eigenvalue weighted by molar-refractivity contribution is -0.379. The molecule has 0 amide bonds. The van der Waals surface area contributed by atoms with E-state index < -0.39 is 186 Å². The van der Waals surface area contributed by atoms with Crippen LogP contribution in [0.15, 0.2) is 0 Å². The molecule has 0 aromatic heterocycles. The van der Waals surface area contributed by atoms with Crippen molar-refractivity contribution < 1.29 is 133 Å². The summed E-state index contributed by atoms with van der Waals surface area (Å²) in [4.78, 5) is 11.9. The second kappa shape index (κ2) is 20.5. The van der Waals surface area contributed by atoms with Crippen LogP contribution in [0.5, 0.6) is 0 Å². The summed E-state index contributed by atoms with van der Waals surface area (Å²) in [6.07, 6.45) is -41.4. The van der Waals surface area contributed by atoms with Crippen LogP contribution in [0.1, 0.15) is 0 Å². The molecular weight excluding hydrogens is 828 g/mol. The summed E-state index contributed by atoms with van der Waals surface area (Å²) in [5.41, 5.74) is 0. The Morgan fingerprint density at radius 3 is 1.58 bits per heavy atom. The highest BCUT2D eigenvalue weighted by molar-refractivity contribution is 5.73. The maximum atomic E-state index is 11.9. The van der Waals surface area contributed by atoms with E-state index in [0.29, 0.717) is 0 Å². The molecule has 9 unspecified atom stereocenters. The zero-order valence-corrected chi connectivity index (χ0v) is 32.0. The lowest BCUT2D eigenvalue weighted by Gasteiger charge is -2.47. The number of carboxylic acids is 1. The van der Waals surface area contributed by atoms with Crippen LogP contribution in [-0.2, 0) is 66.4 Å². The molecule has 27 heteroatoms. The van der Waals surface area contributed by atoms with Gasteiger partial charge in [0.1, 0.15) is 110 Å². The monoisotopic (exact) mass is 882 g/mol. The number of carboxylic acid groups (broad SMARTS) is 1. The van der Waals surface area contributed by atoms with Crippen molar-refractivity contribution in [2.24, 2.45) is 0 Å². The van der Waals surface area contributed by atoms with Gasteiger partial charge >= 0.3 is 5.97 Å². The van der Waals surface area contributed by atoms with Gasteiger partial charge in [-0.15, -0.1) is 0 Å². The Bertz CT molecular complexity index is 1370. The zero-order valence-electron chi connectivity index (χ0n) is 32.0. The van der Waals surface area contributed by atoms with Gasteiger partial charge in [0, 0.05) is 14.2 Å². The first-order valence-electron chi connectivity index (χ1n) is 18.9. The Kier molecular flexibility index (Phi) is 16.4. The van der Waals surface area contributed by atoms with Crippen LogP contribution in [0, 0.1) is 0 Å². The molecule has 0 bridgehead atoms. The molecule has 0 radical (unpaired) electrons. The Morgan fingerprint density at radius 1 is 0.467 bits per heavy atom. The van der Waals surface area contributed by atoms with E-state index in [2.05, 4.69) is 0 Å². The maximum Gasteiger partial charge on any atom is 0.335 e. The summed E-state index contributed by atoms with van der Waals surface area (Å²) in [6.45, 7) is -2.57. The van der Waals surface area contributed by atoms with Crippen LogP contribution in [0.3, 0.4) is 0 Å². The minimum absolute atomic E-state index is 0.304. The quantitative estimate of drug-likeness (QED) is 0.0770. The van der Waals surface area contributed by atoms with Gasteiger partial charge in [0.2, 0.25) is 0 Å². The number of methoxy groups -OCH3 is 2. The number of carbonyl (C=O) groups is 1. The highest BCUT2D eigenvalue weighted by Crippen LogP contribution is 2.34. The minimum atomic E-state index is -1.95. The summed E-state index contributed by atoms with van der Waals surface area (Å²) in [5.74, 6) is -1.56. The molecule has 6 aliphatic rings. The first kappa shape index (κ1) is 47.9. The smallest absolute Gasteiger partial charge is 0.335 e. The second-order valence-electron chi connectivity index (χ2n) is 14.9. The number of aliphatic hydroxyl groups is 12. The van der Waals surface area contributed by atoms with E-state index in [4.69, 9.17) is 61.6 Å². The van der Waals surface area contributed by atoms with Crippen LogP contribution >= 0.6 is 0 Å². The van der Waals surface area contributed by atoms with Crippen LogP contribution in [0.4, 0.5) is 0 Å². The predicted molar refractivity (Wildman–Crippen MR) is 179 cm³/mol. The van der Waals surface area contributed by atoms with E-state index in [0.717, 1.165) is 7.11 Å². The molecule has 6 heterocycles. The van der Waals surface area contributed by atoms with Gasteiger partial charge < -0.3 is 128 Å². The van der Waals surface area contributed by atoms with E-state index in [1.807, 2.05) is 0 Å². The molecule has 6 saturated heterocycles. The maximum absolute atomic E-state index is 11.9. The van der Waals surface area contributed by atoms with Crippen molar-refractivity contribution in [1.82, 2.24) is 0 Å². The number of rotatable bonds is 14. The van der Waals surface area contributed by atoms with Gasteiger partial charge in [-0.1, -0.05) is 0 Å². The van der Waals surface area contributed by atoms with E-state index in [1.54, 1.807) is 0 Å². The van der Waals surface area contributed by atoms with Crippen LogP contribution in [-0.4, -0.2) is 273 Å². The molecule has 348 valence electrons. The minimum Gasteiger partial charge on any atom is -0.479 e. The predicted octanol–water partition coefficient (Wildman–Crippen LogP) is -9.50. The van der Waals surface area contributed by atoms with Crippen molar-refractivity contribution in [3.05, 3.63) is 0 Å². The fourth-order valence-corrected chi connectivity index (χ4v) is 7.51. The second-order valence-corrected chi connectivity index (χ2v) is 14.9. The third kappa shape index (κ3) is 9.90. The van der Waals surface area contributed by atoms with Crippen molar-refractivity contribution in [3.63, 3.8) is 0 Å². The first-order valence-corrected chi connectivity index (χ1v) is 18.9. The Labute approximate surface area is 339 Å². The summed E-state index contributed by atoms with van der Waals surface area (Å²) in [5, 5.41) is 136. The summed E-state index contributed by atoms with van der Waals surface area (Å²) in [6, 6.07) is 0. The number of ether oxygens (including phenoxy) is 13. The summed E-state index contributed by atoms with van der Waals surface area (Å²) >= 11 is 0. The van der Waals surface area contributed by atoms with Crippen LogP contribution in [0.2, 0.25) is 0 Å². The molecule has 60 heavy (non-hydrogen) atoms. The molecule has 27 nitrogen and oxygen atoms in total. The Hall–Kier alpha value is -1.53. The summed E-state index contributed by atoms with van der Waals surface area (Å²) < 4.78 is 71.9. The lowest BCUT2D eigenvalue weighted by atomic mass is 9.98. The number of aliphatic hydroxyl groups excluding tert-OH is 12. The number of hydrogen-bond donors (Lipinski definition) is 13. The molecule has 0 saturated carbocycles. The van der Waals surface area contributed by atoms with Crippen molar-refractivity contribution in [1.29, 1.82) is 0 Å². The molecule has 6 rings (SSSR count). The van der Waals surface area contributed by atoms with Gasteiger partial charge in [0.05, 0.1) is 33.0 Å². The van der Waals surface area contributed by atoms with Crippen LogP contribution < -0.4 is 0 Å². The van der Waals surface area contributed by atoms with Gasteiger partial charge in [0.25, 0.3) is 0 Å². The number of aliphatic carboxylic acids is 1. The molecule has 13 N–H and O–H groups in total. The van der Waals surface area contributed by atoms with Gasteiger partial charge in [-0.3, -0.25) is 0 Å². The van der Waals surface area contributed by atoms with E-state index in [-0.39, 0.29) is 6.61 Å². The fraction of sp³-hybridized carbons (Fsp3) is 0.970. The molecular formula is C33H54O27. The highest BCUT2D eigenvalue weighted by atomic mass is 16.8. The van der Waals surface area contributed by atoms with Crippen molar-refractivity contribution in [2.45, 2.75) is 154 Å². The molecule has 0 spiro atoms. The molecule has 6 aliphatic heterocycles. The topological polar surface area (TPSA) is 400 Å². The average molecular weight is 883 g/mol. The molecule has 6 fully saturated rings. The highest BCUT2D eigenvalue weighted by Gasteiger charge is 2.55. The standard InChI is InChI=1S/C33H54O27/c1-48-9-4-53-33(25(16(9)38)59-32-21(43)17(39)24(49-2)26(60-32)27(45)46)56-11-6-51-29(19(41)15(11)37)57-12-7-52-30(55-10-5-50-28(47)18(40)14(10)36)22(44)23(12)58-31-20(42)13(35)8(3-34)54-31/h8-26,28-44,47H,3-7H2,1-2H3,(H,45,46)/t8-,9+,10+,11+,12+,13?,14?,15?,16?,17?,18?,19?,20-,21?,22-,23?,24-,25-,26+,28+,29-,30-,31-,32-,33-/m0/s1. The SMILES string of the molecule is CO[C@@H]1CO[C@@H](O[C@@H]2CO[C@@H](O[C@@H]3CO[C@@H](O[C@@H]4CO[C@@H](O)C(O)C4O)[C@@H](O)C3O[C@@H]3O[C@@H](CO)C(O)[C@@H]3O)C(O)C2O)[C@@H](O[C@H]2O[C@@H](C(=O)O)[C@@H](OC)C(O)C2O)C1O. The Balaban J connectivity index is 1.13. The molecule has 25 atom stereocenters.